The van der Waals surface area contributed by atoms with Crippen LogP contribution in [0.1, 0.15) is 5.82 Å². The predicted molar refractivity (Wildman–Crippen MR) is 53.7 cm³/mol. The Morgan fingerprint density at radius 3 is 3.21 bits per heavy atom. The van der Waals surface area contributed by atoms with Crippen molar-refractivity contribution in [3.05, 3.63) is 5.82 Å². The predicted octanol–water partition coefficient (Wildman–Crippen LogP) is 0.0440. The third kappa shape index (κ3) is 2.20. The van der Waals surface area contributed by atoms with E-state index in [9.17, 15) is 5.11 Å². The highest BCUT2D eigenvalue weighted by Crippen LogP contribution is 2.18. The van der Waals surface area contributed by atoms with E-state index in [1.54, 1.807) is 0 Å². The van der Waals surface area contributed by atoms with Crippen molar-refractivity contribution >= 4 is 16.7 Å². The first-order valence-electron chi connectivity index (χ1n) is 4.57. The molecular formula is C8H13N3O2S. The zero-order chi connectivity index (χ0) is 9.97. The second-order valence-electron chi connectivity index (χ2n) is 3.30. The van der Waals surface area contributed by atoms with Crippen LogP contribution in [-0.2, 0) is 4.74 Å². The molecule has 0 saturated carbocycles. The number of anilines is 1. The molecule has 0 aromatic carbocycles. The van der Waals surface area contributed by atoms with Crippen molar-refractivity contribution in [3.8, 4) is 0 Å². The Bertz CT molecular complexity index is 305. The highest BCUT2D eigenvalue weighted by atomic mass is 32.1. The smallest absolute Gasteiger partial charge is 0.205 e. The standard InChI is InChI=1S/C8H13N3O2S/c1-6-9-8(14-10-6)11-2-3-13-5-7(12)4-11/h7,12H,2-5H2,1H3. The minimum atomic E-state index is -0.429. The van der Waals surface area contributed by atoms with Crippen LogP contribution in [0.3, 0.4) is 0 Å². The van der Waals surface area contributed by atoms with E-state index in [2.05, 4.69) is 9.36 Å². The molecule has 6 heteroatoms. The average molecular weight is 215 g/mol. The minimum Gasteiger partial charge on any atom is -0.389 e. The van der Waals surface area contributed by atoms with Gasteiger partial charge in [-0.15, -0.1) is 0 Å². The van der Waals surface area contributed by atoms with Crippen LogP contribution in [0.25, 0.3) is 0 Å². The first-order chi connectivity index (χ1) is 6.75. The Kier molecular flexibility index (Phi) is 2.95. The van der Waals surface area contributed by atoms with Gasteiger partial charge in [-0.2, -0.15) is 4.37 Å². The molecule has 1 aliphatic heterocycles. The number of rotatable bonds is 1. The summed E-state index contributed by atoms with van der Waals surface area (Å²) in [6.07, 6.45) is -0.429. The Balaban J connectivity index is 2.08. The molecule has 0 bridgehead atoms. The summed E-state index contributed by atoms with van der Waals surface area (Å²) in [5.74, 6) is 0.782. The maximum absolute atomic E-state index is 9.52. The second-order valence-corrected chi connectivity index (χ2v) is 4.03. The van der Waals surface area contributed by atoms with Crippen LogP contribution in [0.2, 0.25) is 0 Å². The summed E-state index contributed by atoms with van der Waals surface area (Å²) < 4.78 is 9.34. The number of aliphatic hydroxyl groups excluding tert-OH is 1. The number of ether oxygens (including phenoxy) is 1. The highest BCUT2D eigenvalue weighted by Gasteiger charge is 2.18. The minimum absolute atomic E-state index is 0.411. The van der Waals surface area contributed by atoms with Crippen LogP contribution in [-0.4, -0.2) is 46.9 Å². The van der Waals surface area contributed by atoms with Crippen LogP contribution in [0, 0.1) is 6.92 Å². The van der Waals surface area contributed by atoms with Gasteiger partial charge in [0.25, 0.3) is 0 Å². The van der Waals surface area contributed by atoms with Crippen LogP contribution in [0.15, 0.2) is 0 Å². The van der Waals surface area contributed by atoms with E-state index in [0.717, 1.165) is 17.5 Å². The van der Waals surface area contributed by atoms with Crippen LogP contribution < -0.4 is 4.90 Å². The Labute approximate surface area is 86.5 Å². The lowest BCUT2D eigenvalue weighted by Crippen LogP contribution is -2.32. The van der Waals surface area contributed by atoms with Gasteiger partial charge in [0.1, 0.15) is 5.82 Å². The largest absolute Gasteiger partial charge is 0.389 e. The molecule has 0 aliphatic carbocycles. The zero-order valence-corrected chi connectivity index (χ0v) is 8.83. The molecule has 0 spiro atoms. The molecule has 78 valence electrons. The molecule has 5 nitrogen and oxygen atoms in total. The van der Waals surface area contributed by atoms with Crippen LogP contribution >= 0.6 is 11.5 Å². The second kappa shape index (κ2) is 4.20. The first-order valence-corrected chi connectivity index (χ1v) is 5.34. The molecule has 1 aliphatic rings. The van der Waals surface area contributed by atoms with Gasteiger partial charge < -0.3 is 14.7 Å². The molecule has 1 atom stereocenters. The summed E-state index contributed by atoms with van der Waals surface area (Å²) in [6.45, 7) is 4.26. The van der Waals surface area contributed by atoms with E-state index in [1.807, 2.05) is 11.8 Å². The molecule has 1 saturated heterocycles. The van der Waals surface area contributed by atoms with Crippen LogP contribution in [0.4, 0.5) is 5.13 Å². The van der Waals surface area contributed by atoms with Gasteiger partial charge in [-0.3, -0.25) is 0 Å². The molecule has 1 fully saturated rings. The molecule has 2 heterocycles. The number of nitrogens with zero attached hydrogens (tertiary/aromatic N) is 3. The summed E-state index contributed by atoms with van der Waals surface area (Å²) in [5.41, 5.74) is 0. The molecule has 1 aromatic rings. The van der Waals surface area contributed by atoms with Gasteiger partial charge in [0.2, 0.25) is 5.13 Å². The summed E-state index contributed by atoms with van der Waals surface area (Å²) >= 11 is 1.37. The number of aromatic nitrogens is 2. The topological polar surface area (TPSA) is 58.5 Å². The number of aliphatic hydroxyl groups is 1. The van der Waals surface area contributed by atoms with Crippen molar-refractivity contribution < 1.29 is 9.84 Å². The van der Waals surface area contributed by atoms with Crippen molar-refractivity contribution in [2.45, 2.75) is 13.0 Å². The monoisotopic (exact) mass is 215 g/mol. The third-order valence-corrected chi connectivity index (χ3v) is 2.90. The van der Waals surface area contributed by atoms with Gasteiger partial charge in [-0.05, 0) is 6.92 Å². The van der Waals surface area contributed by atoms with Gasteiger partial charge in [0.15, 0.2) is 0 Å². The van der Waals surface area contributed by atoms with Crippen molar-refractivity contribution in [1.82, 2.24) is 9.36 Å². The van der Waals surface area contributed by atoms with E-state index in [0.29, 0.717) is 19.8 Å². The summed E-state index contributed by atoms with van der Waals surface area (Å²) in [5, 5.41) is 10.4. The normalized spacial score (nSPS) is 23.6. The van der Waals surface area contributed by atoms with E-state index in [1.165, 1.54) is 11.5 Å². The Morgan fingerprint density at radius 2 is 2.50 bits per heavy atom. The SMILES string of the molecule is Cc1nsc(N2CCOCC(O)C2)n1. The lowest BCUT2D eigenvalue weighted by Gasteiger charge is -2.19. The van der Waals surface area contributed by atoms with Gasteiger partial charge in [0.05, 0.1) is 19.3 Å². The Morgan fingerprint density at radius 1 is 1.64 bits per heavy atom. The van der Waals surface area contributed by atoms with E-state index >= 15 is 0 Å². The van der Waals surface area contributed by atoms with Gasteiger partial charge in [0, 0.05) is 24.6 Å². The van der Waals surface area contributed by atoms with Crippen LogP contribution in [0.5, 0.6) is 0 Å². The highest BCUT2D eigenvalue weighted by molar-refractivity contribution is 7.09. The first kappa shape index (κ1) is 9.82. The van der Waals surface area contributed by atoms with Crippen molar-refractivity contribution in [2.24, 2.45) is 0 Å². The van der Waals surface area contributed by atoms with E-state index < -0.39 is 6.10 Å². The lowest BCUT2D eigenvalue weighted by atomic mass is 10.3. The molecule has 14 heavy (non-hydrogen) atoms. The lowest BCUT2D eigenvalue weighted by molar-refractivity contribution is 0.0597. The van der Waals surface area contributed by atoms with Crippen molar-refractivity contribution in [2.75, 3.05) is 31.2 Å². The third-order valence-electron chi connectivity index (χ3n) is 2.03. The van der Waals surface area contributed by atoms with Gasteiger partial charge in [-0.25, -0.2) is 4.98 Å². The molecule has 1 unspecified atom stereocenters. The maximum Gasteiger partial charge on any atom is 0.205 e. The molecule has 1 N–H and O–H groups in total. The summed E-state index contributed by atoms with van der Waals surface area (Å²) in [6, 6.07) is 0. The molecule has 0 radical (unpaired) electrons. The Hall–Kier alpha value is -0.720. The van der Waals surface area contributed by atoms with E-state index in [4.69, 9.17) is 4.74 Å². The average Bonchev–Trinajstić information content (AvgIpc) is 2.45. The molecule has 1 aromatic heterocycles. The number of hydrogen-bond donors (Lipinski definition) is 1. The number of β-amino-alcohol motifs (C(OH)–C–C–N with tert-alkyl or cyclic N) is 1. The summed E-state index contributed by atoms with van der Waals surface area (Å²) in [7, 11) is 0. The summed E-state index contributed by atoms with van der Waals surface area (Å²) in [4.78, 5) is 6.29. The fourth-order valence-electron chi connectivity index (χ4n) is 1.38. The van der Waals surface area contributed by atoms with E-state index in [-0.39, 0.29) is 0 Å². The quantitative estimate of drug-likeness (QED) is 0.717. The number of aryl methyl sites for hydroxylation is 1. The molecular weight excluding hydrogens is 202 g/mol. The fourth-order valence-corrected chi connectivity index (χ4v) is 2.09. The zero-order valence-electron chi connectivity index (χ0n) is 8.01. The van der Waals surface area contributed by atoms with Crippen molar-refractivity contribution in [1.29, 1.82) is 0 Å². The van der Waals surface area contributed by atoms with Gasteiger partial charge >= 0.3 is 0 Å². The number of hydrogen-bond acceptors (Lipinski definition) is 6. The molecule has 2 rings (SSSR count). The maximum atomic E-state index is 9.52. The van der Waals surface area contributed by atoms with Crippen molar-refractivity contribution in [3.63, 3.8) is 0 Å². The fraction of sp³-hybridized carbons (Fsp3) is 0.750. The van der Waals surface area contributed by atoms with Gasteiger partial charge in [-0.1, -0.05) is 0 Å². The molecule has 0 amide bonds.